The second kappa shape index (κ2) is 4.00. The van der Waals surface area contributed by atoms with Crippen LogP contribution in [0.3, 0.4) is 0 Å². The van der Waals surface area contributed by atoms with Crippen LogP contribution in [-0.4, -0.2) is 19.7 Å². The second-order valence-corrected chi connectivity index (χ2v) is 3.21. The smallest absolute Gasteiger partial charge is 0.132 e. The zero-order chi connectivity index (χ0) is 9.80. The zero-order valence-corrected chi connectivity index (χ0v) is 8.09. The van der Waals surface area contributed by atoms with Gasteiger partial charge in [0, 0.05) is 25.9 Å². The second-order valence-electron chi connectivity index (χ2n) is 3.21. The molecule has 0 aliphatic heterocycles. The van der Waals surface area contributed by atoms with Crippen LogP contribution in [0, 0.1) is 0 Å². The predicted molar refractivity (Wildman–Crippen MR) is 52.6 cm³/mol. The van der Waals surface area contributed by atoms with Gasteiger partial charge >= 0.3 is 0 Å². The van der Waals surface area contributed by atoms with Crippen molar-refractivity contribution >= 4 is 0 Å². The summed E-state index contributed by atoms with van der Waals surface area (Å²) in [6.07, 6.45) is 7.25. The van der Waals surface area contributed by atoms with Gasteiger partial charge in [-0.05, 0) is 24.1 Å². The fourth-order valence-corrected chi connectivity index (χ4v) is 1.34. The summed E-state index contributed by atoms with van der Waals surface area (Å²) in [5.74, 6) is 1.02. The number of hydrogen-bond donors (Lipinski definition) is 0. The first kappa shape index (κ1) is 8.87. The van der Waals surface area contributed by atoms with E-state index in [4.69, 9.17) is 0 Å². The van der Waals surface area contributed by atoms with E-state index in [-0.39, 0.29) is 0 Å². The molecule has 0 radical (unpaired) electrons. The quantitative estimate of drug-likeness (QED) is 0.721. The van der Waals surface area contributed by atoms with Crippen molar-refractivity contribution in [1.82, 2.24) is 19.7 Å². The molecule has 0 spiro atoms. The molecule has 0 aliphatic carbocycles. The van der Waals surface area contributed by atoms with E-state index in [2.05, 4.69) is 15.2 Å². The number of aromatic nitrogens is 4. The standard InChI is InChI=1S/C10H12N4/c1-14-8-12-13-10(14)3-2-9-4-6-11-7-5-9/h4-8H,2-3H2,1H3. The maximum absolute atomic E-state index is 4.03. The van der Waals surface area contributed by atoms with Crippen LogP contribution in [0.25, 0.3) is 0 Å². The van der Waals surface area contributed by atoms with Crippen LogP contribution >= 0.6 is 0 Å². The molecule has 0 bridgehead atoms. The molecule has 0 aliphatic rings. The van der Waals surface area contributed by atoms with Gasteiger partial charge in [-0.2, -0.15) is 0 Å². The van der Waals surface area contributed by atoms with E-state index in [0.717, 1.165) is 18.7 Å². The fraction of sp³-hybridized carbons (Fsp3) is 0.300. The van der Waals surface area contributed by atoms with Crippen LogP contribution in [0.1, 0.15) is 11.4 Å². The number of aryl methyl sites for hydroxylation is 3. The Hall–Kier alpha value is -1.71. The summed E-state index contributed by atoms with van der Waals surface area (Å²) >= 11 is 0. The van der Waals surface area contributed by atoms with E-state index in [1.165, 1.54) is 5.56 Å². The van der Waals surface area contributed by atoms with Gasteiger partial charge in [-0.15, -0.1) is 10.2 Å². The molecule has 0 fully saturated rings. The summed E-state index contributed by atoms with van der Waals surface area (Å²) < 4.78 is 1.95. The summed E-state index contributed by atoms with van der Waals surface area (Å²) in [6.45, 7) is 0. The zero-order valence-electron chi connectivity index (χ0n) is 8.09. The van der Waals surface area contributed by atoms with Crippen LogP contribution in [0.4, 0.5) is 0 Å². The number of hydrogen-bond acceptors (Lipinski definition) is 3. The maximum atomic E-state index is 4.03. The Morgan fingerprint density at radius 3 is 2.64 bits per heavy atom. The van der Waals surface area contributed by atoms with Crippen molar-refractivity contribution < 1.29 is 0 Å². The summed E-state index contributed by atoms with van der Waals surface area (Å²) in [6, 6.07) is 4.05. The van der Waals surface area contributed by atoms with Crippen LogP contribution in [0.5, 0.6) is 0 Å². The Morgan fingerprint density at radius 1 is 1.21 bits per heavy atom. The normalized spacial score (nSPS) is 10.4. The monoisotopic (exact) mass is 188 g/mol. The predicted octanol–water partition coefficient (Wildman–Crippen LogP) is 0.995. The van der Waals surface area contributed by atoms with E-state index < -0.39 is 0 Å². The third kappa shape index (κ3) is 1.96. The SMILES string of the molecule is Cn1cnnc1CCc1ccncc1. The van der Waals surface area contributed by atoms with Crippen LogP contribution in [0.2, 0.25) is 0 Å². The van der Waals surface area contributed by atoms with Gasteiger partial charge in [0.1, 0.15) is 12.2 Å². The number of pyridine rings is 1. The van der Waals surface area contributed by atoms with Crippen molar-refractivity contribution in [3.8, 4) is 0 Å². The molecule has 0 saturated carbocycles. The van der Waals surface area contributed by atoms with E-state index in [1.54, 1.807) is 6.33 Å². The molecule has 0 saturated heterocycles. The lowest BCUT2D eigenvalue weighted by molar-refractivity contribution is 0.769. The lowest BCUT2D eigenvalue weighted by Gasteiger charge is -2.00. The molecule has 0 atom stereocenters. The Labute approximate surface area is 82.6 Å². The highest BCUT2D eigenvalue weighted by Gasteiger charge is 2.00. The van der Waals surface area contributed by atoms with Gasteiger partial charge in [0.2, 0.25) is 0 Å². The molecule has 0 amide bonds. The van der Waals surface area contributed by atoms with Crippen molar-refractivity contribution in [2.75, 3.05) is 0 Å². The minimum atomic E-state index is 0.917. The fourth-order valence-electron chi connectivity index (χ4n) is 1.34. The van der Waals surface area contributed by atoms with Crippen LogP contribution in [-0.2, 0) is 19.9 Å². The highest BCUT2D eigenvalue weighted by Crippen LogP contribution is 2.02. The number of rotatable bonds is 3. The lowest BCUT2D eigenvalue weighted by Crippen LogP contribution is -1.99. The molecule has 0 N–H and O–H groups in total. The van der Waals surface area contributed by atoms with E-state index in [1.807, 2.05) is 36.1 Å². The first-order valence-electron chi connectivity index (χ1n) is 4.58. The first-order valence-corrected chi connectivity index (χ1v) is 4.58. The van der Waals surface area contributed by atoms with Gasteiger partial charge in [0.25, 0.3) is 0 Å². The minimum absolute atomic E-state index is 0.917. The van der Waals surface area contributed by atoms with E-state index in [0.29, 0.717) is 0 Å². The molecule has 0 aromatic carbocycles. The minimum Gasteiger partial charge on any atom is -0.321 e. The average Bonchev–Trinajstić information content (AvgIpc) is 2.63. The summed E-state index contributed by atoms with van der Waals surface area (Å²) in [5.41, 5.74) is 1.28. The van der Waals surface area contributed by atoms with E-state index >= 15 is 0 Å². The summed E-state index contributed by atoms with van der Waals surface area (Å²) in [7, 11) is 1.96. The molecule has 2 aromatic rings. The van der Waals surface area contributed by atoms with E-state index in [9.17, 15) is 0 Å². The molecule has 14 heavy (non-hydrogen) atoms. The highest BCUT2D eigenvalue weighted by molar-refractivity contribution is 5.10. The van der Waals surface area contributed by atoms with Crippen molar-refractivity contribution in [3.05, 3.63) is 42.2 Å². The van der Waals surface area contributed by atoms with Gasteiger partial charge in [0.15, 0.2) is 0 Å². The van der Waals surface area contributed by atoms with Crippen LogP contribution < -0.4 is 0 Å². The van der Waals surface area contributed by atoms with Gasteiger partial charge < -0.3 is 4.57 Å². The number of nitrogens with zero attached hydrogens (tertiary/aromatic N) is 4. The largest absolute Gasteiger partial charge is 0.321 e. The average molecular weight is 188 g/mol. The molecule has 2 heterocycles. The topological polar surface area (TPSA) is 43.6 Å². The first-order chi connectivity index (χ1) is 6.86. The van der Waals surface area contributed by atoms with Crippen molar-refractivity contribution in [1.29, 1.82) is 0 Å². The maximum Gasteiger partial charge on any atom is 0.132 e. The lowest BCUT2D eigenvalue weighted by atomic mass is 10.1. The molecule has 0 unspecified atom stereocenters. The molecule has 72 valence electrons. The highest BCUT2D eigenvalue weighted by atomic mass is 15.2. The van der Waals surface area contributed by atoms with Crippen molar-refractivity contribution in [2.24, 2.45) is 7.05 Å². The molecular formula is C10H12N4. The molecule has 4 nitrogen and oxygen atoms in total. The van der Waals surface area contributed by atoms with Gasteiger partial charge in [-0.3, -0.25) is 4.98 Å². The Bertz CT molecular complexity index is 394. The van der Waals surface area contributed by atoms with Crippen LogP contribution in [0.15, 0.2) is 30.9 Å². The van der Waals surface area contributed by atoms with Crippen molar-refractivity contribution in [2.45, 2.75) is 12.8 Å². The summed E-state index contributed by atoms with van der Waals surface area (Å²) in [4.78, 5) is 3.97. The Kier molecular flexibility index (Phi) is 2.53. The third-order valence-electron chi connectivity index (χ3n) is 2.19. The molecular weight excluding hydrogens is 176 g/mol. The van der Waals surface area contributed by atoms with Crippen molar-refractivity contribution in [3.63, 3.8) is 0 Å². The van der Waals surface area contributed by atoms with Gasteiger partial charge in [0.05, 0.1) is 0 Å². The summed E-state index contributed by atoms with van der Waals surface area (Å²) in [5, 5.41) is 7.86. The Morgan fingerprint density at radius 2 is 2.00 bits per heavy atom. The third-order valence-corrected chi connectivity index (χ3v) is 2.19. The van der Waals surface area contributed by atoms with Gasteiger partial charge in [-0.25, -0.2) is 0 Å². The molecule has 2 aromatic heterocycles. The Balaban J connectivity index is 1.99. The van der Waals surface area contributed by atoms with Gasteiger partial charge in [-0.1, -0.05) is 0 Å². The molecule has 2 rings (SSSR count). The molecule has 4 heteroatoms.